The third-order valence-electron chi connectivity index (χ3n) is 6.11. The third kappa shape index (κ3) is 4.05. The van der Waals surface area contributed by atoms with E-state index < -0.39 is 0 Å². The highest BCUT2D eigenvalue weighted by Gasteiger charge is 2.18. The van der Waals surface area contributed by atoms with Crippen molar-refractivity contribution in [2.75, 3.05) is 49.5 Å². The van der Waals surface area contributed by atoms with Gasteiger partial charge < -0.3 is 14.8 Å². The Balaban J connectivity index is 1.26. The Morgan fingerprint density at radius 2 is 1.83 bits per heavy atom. The van der Waals surface area contributed by atoms with Crippen LogP contribution in [0.25, 0.3) is 11.2 Å². The summed E-state index contributed by atoms with van der Waals surface area (Å²) in [5.74, 6) is 1.78. The predicted octanol–water partition coefficient (Wildman–Crippen LogP) is 2.91. The second-order valence-corrected chi connectivity index (χ2v) is 7.94. The first-order chi connectivity index (χ1) is 14.0. The molecule has 1 fully saturated rings. The van der Waals surface area contributed by atoms with E-state index in [1.807, 2.05) is 18.5 Å². The molecular formula is C22H31N7. The van der Waals surface area contributed by atoms with E-state index in [2.05, 4.69) is 62.1 Å². The molecule has 1 aliphatic heterocycles. The number of rotatable bonds is 6. The molecule has 1 N–H and O–H groups in total. The van der Waals surface area contributed by atoms with E-state index in [1.54, 1.807) is 6.33 Å². The van der Waals surface area contributed by atoms with Gasteiger partial charge in [-0.3, -0.25) is 4.90 Å². The second kappa shape index (κ2) is 8.37. The lowest BCUT2D eigenvalue weighted by molar-refractivity contribution is 0.257. The second-order valence-electron chi connectivity index (χ2n) is 7.94. The first-order valence-corrected chi connectivity index (χ1v) is 10.5. The summed E-state index contributed by atoms with van der Waals surface area (Å²) >= 11 is 0. The predicted molar refractivity (Wildman–Crippen MR) is 119 cm³/mol. The Labute approximate surface area is 172 Å². The van der Waals surface area contributed by atoms with Gasteiger partial charge in [0, 0.05) is 45.5 Å². The number of nitrogens with zero attached hydrogens (tertiary/aromatic N) is 6. The Morgan fingerprint density at radius 3 is 2.62 bits per heavy atom. The number of imidazole rings is 1. The molecule has 1 saturated heterocycles. The summed E-state index contributed by atoms with van der Waals surface area (Å²) in [6.07, 6.45) is 2.69. The molecule has 2 aromatic heterocycles. The van der Waals surface area contributed by atoms with E-state index in [4.69, 9.17) is 0 Å². The van der Waals surface area contributed by atoms with Gasteiger partial charge in [0.05, 0.1) is 0 Å². The molecule has 4 rings (SSSR count). The van der Waals surface area contributed by atoms with Crippen molar-refractivity contribution >= 4 is 22.7 Å². The molecule has 0 unspecified atom stereocenters. The van der Waals surface area contributed by atoms with Gasteiger partial charge in [0.25, 0.3) is 0 Å². The molecule has 0 radical (unpaired) electrons. The summed E-state index contributed by atoms with van der Waals surface area (Å²) in [6.45, 7) is 12.8. The fraction of sp³-hybridized carbons (Fsp3) is 0.500. The zero-order valence-electron chi connectivity index (χ0n) is 17.9. The van der Waals surface area contributed by atoms with Crippen molar-refractivity contribution in [3.8, 4) is 0 Å². The quantitative estimate of drug-likeness (QED) is 0.650. The van der Waals surface area contributed by atoms with Gasteiger partial charge >= 0.3 is 0 Å². The van der Waals surface area contributed by atoms with Crippen molar-refractivity contribution in [3.05, 3.63) is 41.5 Å². The maximum Gasteiger partial charge on any atom is 0.165 e. The molecule has 0 saturated carbocycles. The molecule has 1 aliphatic rings. The molecule has 29 heavy (non-hydrogen) atoms. The van der Waals surface area contributed by atoms with Gasteiger partial charge in [-0.25, -0.2) is 15.0 Å². The molecule has 1 aromatic carbocycles. The maximum atomic E-state index is 4.59. The number of anilines is 2. The zero-order valence-corrected chi connectivity index (χ0v) is 17.9. The standard InChI is InChI=1S/C22H31N7/c1-16-7-5-8-19(17(16)2)29-13-11-28(12-14-29)10-6-9-23-21-20-22(25-15-24-21)27(4)18(3)26-20/h5,7-8,15H,6,9-14H2,1-4H3,(H,23,24,25). The Bertz CT molecular complexity index is 986. The van der Waals surface area contributed by atoms with E-state index in [-0.39, 0.29) is 0 Å². The summed E-state index contributed by atoms with van der Waals surface area (Å²) in [6, 6.07) is 6.62. The largest absolute Gasteiger partial charge is 0.369 e. The van der Waals surface area contributed by atoms with Crippen LogP contribution in [-0.4, -0.2) is 63.7 Å². The lowest BCUT2D eigenvalue weighted by Gasteiger charge is -2.37. The van der Waals surface area contributed by atoms with Gasteiger partial charge in [-0.2, -0.15) is 0 Å². The summed E-state index contributed by atoms with van der Waals surface area (Å²) in [4.78, 5) is 18.4. The minimum atomic E-state index is 0.832. The van der Waals surface area contributed by atoms with Crippen LogP contribution in [0.1, 0.15) is 23.4 Å². The summed E-state index contributed by atoms with van der Waals surface area (Å²) in [7, 11) is 1.99. The van der Waals surface area contributed by atoms with Crippen molar-refractivity contribution in [2.24, 2.45) is 7.05 Å². The first-order valence-electron chi connectivity index (χ1n) is 10.5. The van der Waals surface area contributed by atoms with Gasteiger partial charge in [-0.15, -0.1) is 0 Å². The van der Waals surface area contributed by atoms with Gasteiger partial charge in [0.2, 0.25) is 0 Å². The molecule has 3 aromatic rings. The molecular weight excluding hydrogens is 362 g/mol. The first kappa shape index (κ1) is 19.6. The lowest BCUT2D eigenvalue weighted by Crippen LogP contribution is -2.47. The van der Waals surface area contributed by atoms with E-state index in [0.717, 1.165) is 68.5 Å². The molecule has 0 atom stereocenters. The molecule has 3 heterocycles. The smallest absolute Gasteiger partial charge is 0.165 e. The fourth-order valence-electron chi connectivity index (χ4n) is 4.04. The minimum absolute atomic E-state index is 0.832. The van der Waals surface area contributed by atoms with Gasteiger partial charge in [0.15, 0.2) is 17.0 Å². The van der Waals surface area contributed by atoms with E-state index >= 15 is 0 Å². The number of benzene rings is 1. The molecule has 0 aliphatic carbocycles. The Hall–Kier alpha value is -2.67. The van der Waals surface area contributed by atoms with Crippen LogP contribution in [0.4, 0.5) is 11.5 Å². The Kier molecular flexibility index (Phi) is 5.67. The number of nitrogens with one attached hydrogen (secondary N) is 1. The Morgan fingerprint density at radius 1 is 1.03 bits per heavy atom. The van der Waals surface area contributed by atoms with Crippen molar-refractivity contribution in [2.45, 2.75) is 27.2 Å². The number of aryl methyl sites for hydroxylation is 3. The van der Waals surface area contributed by atoms with Gasteiger partial charge in [-0.1, -0.05) is 12.1 Å². The zero-order chi connectivity index (χ0) is 20.4. The number of aromatic nitrogens is 4. The van der Waals surface area contributed by atoms with Crippen LogP contribution in [0.2, 0.25) is 0 Å². The fourth-order valence-corrected chi connectivity index (χ4v) is 4.04. The van der Waals surface area contributed by atoms with Gasteiger partial charge in [-0.05, 0) is 50.9 Å². The highest BCUT2D eigenvalue weighted by molar-refractivity contribution is 5.83. The number of hydrogen-bond donors (Lipinski definition) is 1. The average Bonchev–Trinajstić information content (AvgIpc) is 3.03. The molecule has 0 amide bonds. The van der Waals surface area contributed by atoms with Gasteiger partial charge in [0.1, 0.15) is 12.2 Å². The minimum Gasteiger partial charge on any atom is -0.369 e. The van der Waals surface area contributed by atoms with Crippen LogP contribution < -0.4 is 10.2 Å². The van der Waals surface area contributed by atoms with Crippen molar-refractivity contribution < 1.29 is 0 Å². The summed E-state index contributed by atoms with van der Waals surface area (Å²) in [5, 5.41) is 3.45. The average molecular weight is 394 g/mol. The molecule has 0 bridgehead atoms. The molecule has 7 heteroatoms. The monoisotopic (exact) mass is 393 g/mol. The maximum absolute atomic E-state index is 4.59. The van der Waals surface area contributed by atoms with Crippen LogP contribution in [0, 0.1) is 20.8 Å². The molecule has 7 nitrogen and oxygen atoms in total. The highest BCUT2D eigenvalue weighted by atomic mass is 15.3. The van der Waals surface area contributed by atoms with Crippen molar-refractivity contribution in [1.29, 1.82) is 0 Å². The third-order valence-corrected chi connectivity index (χ3v) is 6.11. The number of piperazine rings is 1. The van der Waals surface area contributed by atoms with Crippen LogP contribution in [-0.2, 0) is 7.05 Å². The number of hydrogen-bond acceptors (Lipinski definition) is 6. The van der Waals surface area contributed by atoms with E-state index in [0.29, 0.717) is 0 Å². The normalized spacial score (nSPS) is 15.2. The van der Waals surface area contributed by atoms with Crippen molar-refractivity contribution in [3.63, 3.8) is 0 Å². The molecule has 0 spiro atoms. The van der Waals surface area contributed by atoms with E-state index in [9.17, 15) is 0 Å². The summed E-state index contributed by atoms with van der Waals surface area (Å²) < 4.78 is 2.00. The van der Waals surface area contributed by atoms with Crippen LogP contribution >= 0.6 is 0 Å². The SMILES string of the molecule is Cc1cccc(N2CCN(CCCNc3ncnc4c3nc(C)n4C)CC2)c1C. The van der Waals surface area contributed by atoms with Crippen LogP contribution in [0.15, 0.2) is 24.5 Å². The van der Waals surface area contributed by atoms with Crippen LogP contribution in [0.5, 0.6) is 0 Å². The highest BCUT2D eigenvalue weighted by Crippen LogP contribution is 2.24. The summed E-state index contributed by atoms with van der Waals surface area (Å²) in [5.41, 5.74) is 5.91. The van der Waals surface area contributed by atoms with Crippen LogP contribution in [0.3, 0.4) is 0 Å². The molecule has 154 valence electrons. The topological polar surface area (TPSA) is 62.1 Å². The lowest BCUT2D eigenvalue weighted by atomic mass is 10.1. The van der Waals surface area contributed by atoms with Crippen molar-refractivity contribution in [1.82, 2.24) is 24.4 Å². The number of fused-ring (bicyclic) bond motifs is 1. The van der Waals surface area contributed by atoms with E-state index in [1.165, 1.54) is 16.8 Å².